The van der Waals surface area contributed by atoms with Crippen LogP contribution in [0.15, 0.2) is 0 Å². The van der Waals surface area contributed by atoms with Crippen molar-refractivity contribution in [3.63, 3.8) is 0 Å². The van der Waals surface area contributed by atoms with Gasteiger partial charge >= 0.3 is 59.5 Å². The molecular formula is C18H16F22O3. The summed E-state index contributed by atoms with van der Waals surface area (Å²) in [7, 11) is 0. The summed E-state index contributed by atoms with van der Waals surface area (Å²) in [6, 6.07) is 0. The molecule has 25 heteroatoms. The lowest BCUT2D eigenvalue weighted by molar-refractivity contribution is -0.422. The van der Waals surface area contributed by atoms with E-state index in [0.29, 0.717) is 0 Å². The Morgan fingerprint density at radius 2 is 0.744 bits per heavy atom. The maximum Gasteiger partial charge on any atom is 0.460 e. The predicted octanol–water partition coefficient (Wildman–Crippen LogP) is 8.37. The van der Waals surface area contributed by atoms with Crippen molar-refractivity contribution in [3.05, 3.63) is 0 Å². The van der Waals surface area contributed by atoms with Gasteiger partial charge < -0.3 is 9.47 Å². The van der Waals surface area contributed by atoms with Crippen LogP contribution in [0, 0.1) is 0 Å². The van der Waals surface area contributed by atoms with Gasteiger partial charge in [-0.3, -0.25) is 0 Å². The molecule has 43 heavy (non-hydrogen) atoms. The van der Waals surface area contributed by atoms with Crippen molar-refractivity contribution in [3.8, 4) is 0 Å². The zero-order chi connectivity index (χ0) is 34.9. The van der Waals surface area contributed by atoms with Crippen molar-refractivity contribution < 1.29 is 111 Å². The molecule has 0 aliphatic carbocycles. The summed E-state index contributed by atoms with van der Waals surface area (Å²) in [5.74, 6) is -62.9. The van der Waals surface area contributed by atoms with Crippen molar-refractivity contribution in [2.24, 2.45) is 0 Å². The van der Waals surface area contributed by atoms with Crippen molar-refractivity contribution in [2.75, 3.05) is 26.4 Å². The quantitative estimate of drug-likeness (QED) is 0.106. The molecule has 1 atom stereocenters. The number of ether oxygens (including phenoxy) is 2. The molecule has 0 rings (SSSR count). The molecule has 0 heterocycles. The van der Waals surface area contributed by atoms with Crippen LogP contribution in [0.2, 0.25) is 0 Å². The largest absolute Gasteiger partial charge is 0.460 e. The second-order valence-electron chi connectivity index (χ2n) is 8.60. The molecule has 0 aromatic carbocycles. The molecule has 0 spiro atoms. The van der Waals surface area contributed by atoms with E-state index in [0.717, 1.165) is 0 Å². The van der Waals surface area contributed by atoms with Crippen LogP contribution in [0.5, 0.6) is 0 Å². The highest BCUT2D eigenvalue weighted by molar-refractivity contribution is 5.08. The van der Waals surface area contributed by atoms with Crippen molar-refractivity contribution in [1.29, 1.82) is 0 Å². The second-order valence-corrected chi connectivity index (χ2v) is 8.60. The molecule has 0 aliphatic rings. The molecule has 0 bridgehead atoms. The summed E-state index contributed by atoms with van der Waals surface area (Å²) in [4.78, 5) is 2.95. The van der Waals surface area contributed by atoms with E-state index in [9.17, 15) is 96.7 Å². The maximum atomic E-state index is 13.6. The number of rotatable bonds is 18. The minimum atomic E-state index is -7.73. The van der Waals surface area contributed by atoms with Crippen LogP contribution in [0.4, 0.5) is 96.7 Å². The number of hydrogen-bond acceptors (Lipinski definition) is 3. The monoisotopic (exact) mass is 698 g/mol. The highest BCUT2D eigenvalue weighted by atomic mass is 19.4. The lowest BCUT2D eigenvalue weighted by atomic mass is 9.94. The Balaban J connectivity index is 5.16. The van der Waals surface area contributed by atoms with Crippen LogP contribution >= 0.6 is 0 Å². The first-order chi connectivity index (χ1) is 18.6. The minimum absolute atomic E-state index is 0.980. The van der Waals surface area contributed by atoms with Gasteiger partial charge in [0.25, 0.3) is 0 Å². The molecule has 0 N–H and O–H groups in total. The third-order valence-corrected chi connectivity index (χ3v) is 5.26. The standard InChI is InChI=1S/C18H16F22O3/c1-9(19,20)12(25,26)15(31,32)13(27,28)10(21,22)2-4-41-6-8(43-40)7-42-5-3-11(23,24)14(29,30)16(33,34)17(35,36)18(37,38)39/h8H,2-7H2,1H3. The predicted molar refractivity (Wildman–Crippen MR) is 93.1 cm³/mol. The van der Waals surface area contributed by atoms with Crippen LogP contribution < -0.4 is 0 Å². The molecule has 3 nitrogen and oxygen atoms in total. The van der Waals surface area contributed by atoms with Gasteiger partial charge in [0.1, 0.15) is 6.10 Å². The zero-order valence-electron chi connectivity index (χ0n) is 20.4. The third-order valence-electron chi connectivity index (χ3n) is 5.26. The summed E-state index contributed by atoms with van der Waals surface area (Å²) in [6.45, 7) is -7.92. The van der Waals surface area contributed by atoms with E-state index in [2.05, 4.69) is 14.4 Å². The normalized spacial score (nSPS) is 16.5. The van der Waals surface area contributed by atoms with Gasteiger partial charge in [-0.2, -0.15) is 97.1 Å². The molecule has 0 saturated carbocycles. The van der Waals surface area contributed by atoms with E-state index in [1.54, 1.807) is 0 Å². The van der Waals surface area contributed by atoms with Gasteiger partial charge in [-0.15, -0.1) is 0 Å². The molecule has 260 valence electrons. The lowest BCUT2D eigenvalue weighted by Gasteiger charge is -2.38. The summed E-state index contributed by atoms with van der Waals surface area (Å²) in [5, 5.41) is 0. The van der Waals surface area contributed by atoms with Gasteiger partial charge in [-0.25, -0.2) is 0 Å². The van der Waals surface area contributed by atoms with Gasteiger partial charge in [0.15, 0.2) is 0 Å². The summed E-state index contributed by atoms with van der Waals surface area (Å²) in [6.07, 6.45) is -15.2. The molecule has 0 saturated heterocycles. The van der Waals surface area contributed by atoms with E-state index < -0.39 is 112 Å². The van der Waals surface area contributed by atoms with Gasteiger partial charge in [0.2, 0.25) is 0 Å². The average molecular weight is 698 g/mol. The topological polar surface area (TPSA) is 27.7 Å². The van der Waals surface area contributed by atoms with Crippen LogP contribution in [0.1, 0.15) is 19.8 Å². The Kier molecular flexibility index (Phi) is 12.1. The van der Waals surface area contributed by atoms with Crippen LogP contribution in [-0.4, -0.2) is 92.0 Å². The fourth-order valence-corrected chi connectivity index (χ4v) is 2.55. The van der Waals surface area contributed by atoms with E-state index in [1.807, 2.05) is 0 Å². The van der Waals surface area contributed by atoms with Crippen molar-refractivity contribution in [2.45, 2.75) is 85.3 Å². The van der Waals surface area contributed by atoms with E-state index >= 15 is 0 Å². The molecule has 0 radical (unpaired) electrons. The number of hydrogen-bond donors (Lipinski definition) is 0. The van der Waals surface area contributed by atoms with E-state index in [-0.39, 0.29) is 0 Å². The molecule has 0 aromatic rings. The Bertz CT molecular complexity index is 823. The first kappa shape index (κ1) is 41.3. The van der Waals surface area contributed by atoms with Crippen LogP contribution in [0.3, 0.4) is 0 Å². The van der Waals surface area contributed by atoms with Gasteiger partial charge in [0, 0.05) is 19.8 Å². The maximum absolute atomic E-state index is 13.6. The Labute approximate surface area is 224 Å². The highest BCUT2D eigenvalue weighted by Crippen LogP contribution is 2.59. The minimum Gasteiger partial charge on any atom is -0.378 e. The number of alkyl halides is 21. The van der Waals surface area contributed by atoms with Gasteiger partial charge in [-0.1, -0.05) is 0 Å². The molecule has 0 aromatic heterocycles. The van der Waals surface area contributed by atoms with Gasteiger partial charge in [-0.05, 0) is 4.53 Å². The average Bonchev–Trinajstić information content (AvgIpc) is 2.80. The summed E-state index contributed by atoms with van der Waals surface area (Å²) < 4.78 is 294. The first-order valence-electron chi connectivity index (χ1n) is 10.5. The summed E-state index contributed by atoms with van der Waals surface area (Å²) in [5.41, 5.74) is 0. The zero-order valence-corrected chi connectivity index (χ0v) is 20.4. The SMILES string of the molecule is CC(F)(F)C(F)(F)C(F)(F)C(F)(F)C(F)(F)CCOCC(COCCC(F)(F)C(F)(F)C(F)(F)C(F)(F)C(F)(F)F)OF. The Morgan fingerprint density at radius 3 is 1.00 bits per heavy atom. The highest BCUT2D eigenvalue weighted by Gasteiger charge is 2.87. The second kappa shape index (κ2) is 12.6. The third kappa shape index (κ3) is 7.60. The van der Waals surface area contributed by atoms with Crippen LogP contribution in [0.25, 0.3) is 0 Å². The molecule has 0 aliphatic heterocycles. The van der Waals surface area contributed by atoms with Crippen molar-refractivity contribution in [1.82, 2.24) is 0 Å². The fourth-order valence-electron chi connectivity index (χ4n) is 2.55. The Morgan fingerprint density at radius 1 is 0.442 bits per heavy atom. The first-order valence-corrected chi connectivity index (χ1v) is 10.5. The smallest absolute Gasteiger partial charge is 0.378 e. The summed E-state index contributed by atoms with van der Waals surface area (Å²) >= 11 is 0. The van der Waals surface area contributed by atoms with Gasteiger partial charge in [0.05, 0.1) is 26.4 Å². The van der Waals surface area contributed by atoms with E-state index in [4.69, 9.17) is 0 Å². The van der Waals surface area contributed by atoms with E-state index in [1.165, 1.54) is 0 Å². The Hall–Kier alpha value is -1.66. The lowest BCUT2D eigenvalue weighted by Crippen LogP contribution is -2.66. The fraction of sp³-hybridized carbons (Fsp3) is 1.00. The molecular weight excluding hydrogens is 682 g/mol. The van der Waals surface area contributed by atoms with Crippen molar-refractivity contribution >= 4 is 0 Å². The van der Waals surface area contributed by atoms with Crippen LogP contribution in [-0.2, 0) is 14.4 Å². The molecule has 1 unspecified atom stereocenters. The molecule has 0 amide bonds. The number of halogens is 22. The molecule has 0 fully saturated rings.